The number of rotatable bonds is 4. The van der Waals surface area contributed by atoms with Gasteiger partial charge in [0.2, 0.25) is 0 Å². The summed E-state index contributed by atoms with van der Waals surface area (Å²) in [5.74, 6) is 0.558. The Morgan fingerprint density at radius 2 is 1.89 bits per heavy atom. The van der Waals surface area contributed by atoms with E-state index in [-0.39, 0.29) is 6.61 Å². The van der Waals surface area contributed by atoms with E-state index in [1.807, 2.05) is 13.0 Å². The Balaban J connectivity index is 2.16. The molecule has 0 bridgehead atoms. The quantitative estimate of drug-likeness (QED) is 0.908. The van der Waals surface area contributed by atoms with Crippen molar-refractivity contribution >= 4 is 11.8 Å². The lowest BCUT2D eigenvalue weighted by atomic mass is 10.0. The molecule has 2 aromatic rings. The molecule has 1 aromatic carbocycles. The van der Waals surface area contributed by atoms with Crippen molar-refractivity contribution in [3.63, 3.8) is 0 Å². The molecule has 0 unspecified atom stereocenters. The molecule has 0 saturated heterocycles. The van der Waals surface area contributed by atoms with E-state index in [4.69, 9.17) is 5.11 Å². The van der Waals surface area contributed by atoms with Crippen LogP contribution in [0, 0.1) is 6.92 Å². The molecule has 0 amide bonds. The summed E-state index contributed by atoms with van der Waals surface area (Å²) in [6, 6.07) is 10.6. The third-order valence-electron chi connectivity index (χ3n) is 3.03. The maximum Gasteiger partial charge on any atom is 0.104 e. The van der Waals surface area contributed by atoms with Crippen molar-refractivity contribution in [2.45, 2.75) is 43.2 Å². The maximum absolute atomic E-state index is 9.08. The summed E-state index contributed by atoms with van der Waals surface area (Å²) < 4.78 is 0. The average molecular weight is 273 g/mol. The van der Waals surface area contributed by atoms with Gasteiger partial charge in [0, 0.05) is 11.1 Å². The van der Waals surface area contributed by atoms with E-state index in [1.165, 1.54) is 10.5 Å². The predicted octanol–water partition coefficient (Wildman–Crippen LogP) is 4.16. The Morgan fingerprint density at radius 3 is 2.42 bits per heavy atom. The molecule has 19 heavy (non-hydrogen) atoms. The number of hydrogen-bond donors (Lipinski definition) is 1. The second kappa shape index (κ2) is 6.22. The predicted molar refractivity (Wildman–Crippen MR) is 79.6 cm³/mol. The van der Waals surface area contributed by atoms with Crippen molar-refractivity contribution < 1.29 is 5.11 Å². The summed E-state index contributed by atoms with van der Waals surface area (Å²) in [6.07, 6.45) is 1.73. The highest BCUT2D eigenvalue weighted by molar-refractivity contribution is 7.99. The molecule has 1 N–H and O–H groups in total. The summed E-state index contributed by atoms with van der Waals surface area (Å²) in [6.45, 7) is 6.46. The molecule has 3 heteroatoms. The third kappa shape index (κ3) is 3.58. The number of aliphatic hydroxyl groups excluding tert-OH is 1. The number of aliphatic hydroxyl groups is 1. The zero-order valence-corrected chi connectivity index (χ0v) is 12.4. The molecule has 2 nitrogen and oxygen atoms in total. The fraction of sp³-hybridized carbons (Fsp3) is 0.312. The first-order valence-corrected chi connectivity index (χ1v) is 7.26. The second-order valence-corrected chi connectivity index (χ2v) is 6.01. The molecule has 2 rings (SSSR count). The Bertz CT molecular complexity index is 549. The van der Waals surface area contributed by atoms with E-state index in [9.17, 15) is 0 Å². The van der Waals surface area contributed by atoms with Crippen molar-refractivity contribution in [1.29, 1.82) is 0 Å². The van der Waals surface area contributed by atoms with E-state index >= 15 is 0 Å². The second-order valence-electron chi connectivity index (χ2n) is 4.95. The SMILES string of the molecule is Cc1cc(CO)cnc1Sc1ccc(C(C)C)cc1. The van der Waals surface area contributed by atoms with E-state index in [0.29, 0.717) is 5.92 Å². The van der Waals surface area contributed by atoms with Crippen LogP contribution in [0.2, 0.25) is 0 Å². The minimum Gasteiger partial charge on any atom is -0.392 e. The van der Waals surface area contributed by atoms with Gasteiger partial charge in [0.05, 0.1) is 6.61 Å². The molecule has 0 atom stereocenters. The van der Waals surface area contributed by atoms with Crippen LogP contribution in [0.4, 0.5) is 0 Å². The van der Waals surface area contributed by atoms with Crippen LogP contribution in [0.25, 0.3) is 0 Å². The van der Waals surface area contributed by atoms with Crippen molar-refractivity contribution in [2.24, 2.45) is 0 Å². The van der Waals surface area contributed by atoms with Gasteiger partial charge in [-0.3, -0.25) is 0 Å². The van der Waals surface area contributed by atoms with Gasteiger partial charge in [0.1, 0.15) is 5.03 Å². The van der Waals surface area contributed by atoms with Gasteiger partial charge in [-0.05, 0) is 47.7 Å². The lowest BCUT2D eigenvalue weighted by Gasteiger charge is -2.08. The zero-order valence-electron chi connectivity index (χ0n) is 11.6. The Morgan fingerprint density at radius 1 is 1.21 bits per heavy atom. The monoisotopic (exact) mass is 273 g/mol. The first-order valence-electron chi connectivity index (χ1n) is 6.44. The van der Waals surface area contributed by atoms with Gasteiger partial charge in [0.25, 0.3) is 0 Å². The summed E-state index contributed by atoms with van der Waals surface area (Å²) >= 11 is 1.66. The number of pyridine rings is 1. The van der Waals surface area contributed by atoms with Gasteiger partial charge in [-0.25, -0.2) is 4.98 Å². The highest BCUT2D eigenvalue weighted by Crippen LogP contribution is 2.29. The Labute approximate surface area is 118 Å². The van der Waals surface area contributed by atoms with Gasteiger partial charge in [-0.2, -0.15) is 0 Å². The fourth-order valence-electron chi connectivity index (χ4n) is 1.85. The van der Waals surface area contributed by atoms with Crippen LogP contribution >= 0.6 is 11.8 Å². The lowest BCUT2D eigenvalue weighted by molar-refractivity contribution is 0.281. The van der Waals surface area contributed by atoms with E-state index in [1.54, 1.807) is 18.0 Å². The fourth-order valence-corrected chi connectivity index (χ4v) is 2.67. The minimum absolute atomic E-state index is 0.0435. The van der Waals surface area contributed by atoms with Gasteiger partial charge in [0.15, 0.2) is 0 Å². The summed E-state index contributed by atoms with van der Waals surface area (Å²) in [5.41, 5.74) is 3.31. The summed E-state index contributed by atoms with van der Waals surface area (Å²) in [7, 11) is 0. The molecule has 1 aromatic heterocycles. The topological polar surface area (TPSA) is 33.1 Å². The standard InChI is InChI=1S/C16H19NOS/c1-11(2)14-4-6-15(7-5-14)19-16-12(3)8-13(10-18)9-17-16/h4-9,11,18H,10H2,1-3H3. The van der Waals surface area contributed by atoms with Crippen LogP contribution in [0.15, 0.2) is 46.5 Å². The molecule has 0 saturated carbocycles. The van der Waals surface area contributed by atoms with E-state index < -0.39 is 0 Å². The number of nitrogens with zero attached hydrogens (tertiary/aromatic N) is 1. The minimum atomic E-state index is 0.0435. The van der Waals surface area contributed by atoms with Crippen LogP contribution < -0.4 is 0 Å². The number of benzene rings is 1. The van der Waals surface area contributed by atoms with E-state index in [0.717, 1.165) is 16.2 Å². The van der Waals surface area contributed by atoms with Crippen LogP contribution in [-0.2, 0) is 6.61 Å². The van der Waals surface area contributed by atoms with Crippen molar-refractivity contribution in [2.75, 3.05) is 0 Å². The van der Waals surface area contributed by atoms with Crippen molar-refractivity contribution in [3.05, 3.63) is 53.2 Å². The Kier molecular flexibility index (Phi) is 4.61. The summed E-state index contributed by atoms with van der Waals surface area (Å²) in [4.78, 5) is 5.60. The normalized spacial score (nSPS) is 11.0. The molecule has 1 heterocycles. The molecule has 0 aliphatic carbocycles. The van der Waals surface area contributed by atoms with Gasteiger partial charge in [-0.15, -0.1) is 0 Å². The lowest BCUT2D eigenvalue weighted by Crippen LogP contribution is -1.91. The molecular formula is C16H19NOS. The third-order valence-corrected chi connectivity index (χ3v) is 4.16. The Hall–Kier alpha value is -1.32. The van der Waals surface area contributed by atoms with Gasteiger partial charge < -0.3 is 5.11 Å². The molecule has 0 aliphatic heterocycles. The van der Waals surface area contributed by atoms with Crippen molar-refractivity contribution in [3.8, 4) is 0 Å². The van der Waals surface area contributed by atoms with E-state index in [2.05, 4.69) is 43.1 Å². The molecular weight excluding hydrogens is 254 g/mol. The molecule has 0 aliphatic rings. The summed E-state index contributed by atoms with van der Waals surface area (Å²) in [5, 5.41) is 10.1. The molecule has 100 valence electrons. The van der Waals surface area contributed by atoms with Crippen LogP contribution in [0.1, 0.15) is 36.5 Å². The number of hydrogen-bond acceptors (Lipinski definition) is 3. The highest BCUT2D eigenvalue weighted by atomic mass is 32.2. The first-order chi connectivity index (χ1) is 9.10. The van der Waals surface area contributed by atoms with Crippen molar-refractivity contribution in [1.82, 2.24) is 4.98 Å². The van der Waals surface area contributed by atoms with Crippen LogP contribution in [-0.4, -0.2) is 10.1 Å². The number of aryl methyl sites for hydroxylation is 1. The largest absolute Gasteiger partial charge is 0.392 e. The van der Waals surface area contributed by atoms with Gasteiger partial charge >= 0.3 is 0 Å². The average Bonchev–Trinajstić information content (AvgIpc) is 2.41. The maximum atomic E-state index is 9.08. The number of aromatic nitrogens is 1. The molecule has 0 spiro atoms. The first kappa shape index (κ1) is 14.1. The molecule has 0 fully saturated rings. The van der Waals surface area contributed by atoms with Gasteiger partial charge in [-0.1, -0.05) is 37.7 Å². The van der Waals surface area contributed by atoms with Crippen LogP contribution in [0.5, 0.6) is 0 Å². The zero-order chi connectivity index (χ0) is 13.8. The highest BCUT2D eigenvalue weighted by Gasteiger charge is 2.05. The molecule has 0 radical (unpaired) electrons. The van der Waals surface area contributed by atoms with Crippen LogP contribution in [0.3, 0.4) is 0 Å². The smallest absolute Gasteiger partial charge is 0.104 e.